The molecule has 2 rings (SSSR count). The summed E-state index contributed by atoms with van der Waals surface area (Å²) in [6.45, 7) is 5.69. The third kappa shape index (κ3) is 4.89. The van der Waals surface area contributed by atoms with Gasteiger partial charge in [-0.05, 0) is 55.5 Å². The zero-order chi connectivity index (χ0) is 14.2. The summed E-state index contributed by atoms with van der Waals surface area (Å²) in [5, 5.41) is 5.97. The fraction of sp³-hybridized carbons (Fsp3) is 0.778. The molecule has 1 saturated carbocycles. The Morgan fingerprint density at radius 1 is 1.25 bits per heavy atom. The van der Waals surface area contributed by atoms with Gasteiger partial charge in [-0.15, -0.1) is 11.3 Å². The van der Waals surface area contributed by atoms with Gasteiger partial charge in [-0.25, -0.2) is 0 Å². The normalized spacial score (nSPS) is 24.7. The third-order valence-electron chi connectivity index (χ3n) is 4.91. The van der Waals surface area contributed by atoms with E-state index in [1.807, 2.05) is 11.3 Å². The average Bonchev–Trinajstić information content (AvgIpc) is 2.98. The highest BCUT2D eigenvalue weighted by atomic mass is 32.1. The van der Waals surface area contributed by atoms with E-state index in [-0.39, 0.29) is 0 Å². The lowest BCUT2D eigenvalue weighted by Gasteiger charge is -2.34. The number of thiophene rings is 1. The zero-order valence-electron chi connectivity index (χ0n) is 13.2. The number of hydrogen-bond acceptors (Lipinski definition) is 2. The van der Waals surface area contributed by atoms with Crippen molar-refractivity contribution >= 4 is 11.3 Å². The van der Waals surface area contributed by atoms with Crippen LogP contribution in [0.4, 0.5) is 0 Å². The minimum Gasteiger partial charge on any atom is -0.314 e. The van der Waals surface area contributed by atoms with Gasteiger partial charge in [0.1, 0.15) is 0 Å². The van der Waals surface area contributed by atoms with E-state index in [1.54, 1.807) is 4.88 Å². The Morgan fingerprint density at radius 3 is 2.65 bits per heavy atom. The Balaban J connectivity index is 1.79. The predicted molar refractivity (Wildman–Crippen MR) is 90.5 cm³/mol. The molecule has 1 aliphatic rings. The smallest absolute Gasteiger partial charge is 0.00986 e. The van der Waals surface area contributed by atoms with Gasteiger partial charge in [0, 0.05) is 10.9 Å². The van der Waals surface area contributed by atoms with E-state index in [9.17, 15) is 0 Å². The Morgan fingerprint density at radius 2 is 2.05 bits per heavy atom. The van der Waals surface area contributed by atoms with Crippen LogP contribution in [0.5, 0.6) is 0 Å². The van der Waals surface area contributed by atoms with Crippen LogP contribution in [0, 0.1) is 11.8 Å². The number of rotatable bonds is 8. The fourth-order valence-electron chi connectivity index (χ4n) is 3.81. The van der Waals surface area contributed by atoms with Crippen molar-refractivity contribution in [2.45, 2.75) is 71.3 Å². The molecule has 114 valence electrons. The summed E-state index contributed by atoms with van der Waals surface area (Å²) in [5.41, 5.74) is 0. The lowest BCUT2D eigenvalue weighted by molar-refractivity contribution is 0.208. The van der Waals surface area contributed by atoms with E-state index >= 15 is 0 Å². The molecule has 0 spiro atoms. The SMILES string of the molecule is CCCC1CCC(C(CCc2cccs2)NCC)CC1. The Kier molecular flexibility index (Phi) is 7.09. The molecule has 1 heterocycles. The molecule has 1 unspecified atom stereocenters. The van der Waals surface area contributed by atoms with Crippen molar-refractivity contribution in [2.75, 3.05) is 6.54 Å². The first kappa shape index (κ1) is 16.0. The molecule has 0 saturated heterocycles. The maximum atomic E-state index is 3.77. The van der Waals surface area contributed by atoms with E-state index in [0.717, 1.165) is 24.4 Å². The van der Waals surface area contributed by atoms with Crippen LogP contribution in [0.15, 0.2) is 17.5 Å². The summed E-state index contributed by atoms with van der Waals surface area (Å²) in [6, 6.07) is 5.20. The van der Waals surface area contributed by atoms with E-state index in [2.05, 4.69) is 36.7 Å². The fourth-order valence-corrected chi connectivity index (χ4v) is 4.53. The molecule has 2 heteroatoms. The summed E-state index contributed by atoms with van der Waals surface area (Å²) >= 11 is 1.91. The van der Waals surface area contributed by atoms with Gasteiger partial charge >= 0.3 is 0 Å². The molecule has 0 radical (unpaired) electrons. The largest absolute Gasteiger partial charge is 0.314 e. The van der Waals surface area contributed by atoms with Gasteiger partial charge in [0.15, 0.2) is 0 Å². The molecule has 1 atom stereocenters. The van der Waals surface area contributed by atoms with Gasteiger partial charge in [0.05, 0.1) is 0 Å². The lowest BCUT2D eigenvalue weighted by atomic mass is 9.76. The van der Waals surface area contributed by atoms with Crippen molar-refractivity contribution in [3.8, 4) is 0 Å². The molecule has 0 bridgehead atoms. The summed E-state index contributed by atoms with van der Waals surface area (Å²) in [7, 11) is 0. The first-order valence-electron chi connectivity index (χ1n) is 8.59. The average molecular weight is 294 g/mol. The van der Waals surface area contributed by atoms with Crippen molar-refractivity contribution in [3.05, 3.63) is 22.4 Å². The maximum Gasteiger partial charge on any atom is 0.00986 e. The lowest BCUT2D eigenvalue weighted by Crippen LogP contribution is -2.38. The number of aryl methyl sites for hydroxylation is 1. The van der Waals surface area contributed by atoms with Crippen molar-refractivity contribution < 1.29 is 0 Å². The molecular formula is C18H31NS. The monoisotopic (exact) mass is 293 g/mol. The molecule has 20 heavy (non-hydrogen) atoms. The standard InChI is InChI=1S/C18H31NS/c1-3-6-15-8-10-16(11-9-15)18(19-4-2)13-12-17-7-5-14-20-17/h5,7,14-16,18-19H,3-4,6,8-13H2,1-2H3. The van der Waals surface area contributed by atoms with Crippen molar-refractivity contribution in [3.63, 3.8) is 0 Å². The summed E-state index contributed by atoms with van der Waals surface area (Å²) in [6.07, 6.45) is 11.2. The van der Waals surface area contributed by atoms with Gasteiger partial charge in [-0.1, -0.05) is 45.6 Å². The highest BCUT2D eigenvalue weighted by Gasteiger charge is 2.26. The van der Waals surface area contributed by atoms with E-state index in [4.69, 9.17) is 0 Å². The predicted octanol–water partition coefficient (Wildman–Crippen LogP) is 5.27. The maximum absolute atomic E-state index is 3.77. The minimum absolute atomic E-state index is 0.740. The first-order valence-corrected chi connectivity index (χ1v) is 9.47. The second-order valence-electron chi connectivity index (χ2n) is 6.35. The van der Waals surface area contributed by atoms with Crippen molar-refractivity contribution in [1.29, 1.82) is 0 Å². The second-order valence-corrected chi connectivity index (χ2v) is 7.38. The Hall–Kier alpha value is -0.340. The Bertz CT molecular complexity index is 338. The molecule has 1 aliphatic carbocycles. The molecule has 0 aromatic carbocycles. The highest BCUT2D eigenvalue weighted by Crippen LogP contribution is 2.34. The van der Waals surface area contributed by atoms with Crippen LogP contribution in [0.3, 0.4) is 0 Å². The van der Waals surface area contributed by atoms with E-state index < -0.39 is 0 Å². The molecule has 1 aromatic rings. The van der Waals surface area contributed by atoms with Gasteiger partial charge in [0.2, 0.25) is 0 Å². The molecule has 1 aromatic heterocycles. The minimum atomic E-state index is 0.740. The molecule has 1 N–H and O–H groups in total. The molecule has 0 amide bonds. The van der Waals surface area contributed by atoms with E-state index in [1.165, 1.54) is 51.4 Å². The topological polar surface area (TPSA) is 12.0 Å². The first-order chi connectivity index (χ1) is 9.83. The second kappa shape index (κ2) is 8.84. The summed E-state index contributed by atoms with van der Waals surface area (Å²) in [5.74, 6) is 1.94. The number of nitrogens with one attached hydrogen (secondary N) is 1. The van der Waals surface area contributed by atoms with Gasteiger partial charge in [0.25, 0.3) is 0 Å². The van der Waals surface area contributed by atoms with Crippen LogP contribution in [-0.4, -0.2) is 12.6 Å². The van der Waals surface area contributed by atoms with Gasteiger partial charge in [-0.3, -0.25) is 0 Å². The molecule has 1 fully saturated rings. The van der Waals surface area contributed by atoms with Gasteiger partial charge in [-0.2, -0.15) is 0 Å². The molecule has 1 nitrogen and oxygen atoms in total. The van der Waals surface area contributed by atoms with Crippen molar-refractivity contribution in [2.24, 2.45) is 11.8 Å². The Labute approximate surface area is 129 Å². The molecule has 0 aliphatic heterocycles. The van der Waals surface area contributed by atoms with Crippen molar-refractivity contribution in [1.82, 2.24) is 5.32 Å². The van der Waals surface area contributed by atoms with E-state index in [0.29, 0.717) is 0 Å². The summed E-state index contributed by atoms with van der Waals surface area (Å²) < 4.78 is 0. The third-order valence-corrected chi connectivity index (χ3v) is 5.84. The van der Waals surface area contributed by atoms with Crippen LogP contribution >= 0.6 is 11.3 Å². The number of hydrogen-bond donors (Lipinski definition) is 1. The van der Waals surface area contributed by atoms with Crippen LogP contribution in [0.25, 0.3) is 0 Å². The molecular weight excluding hydrogens is 262 g/mol. The quantitative estimate of drug-likeness (QED) is 0.689. The highest BCUT2D eigenvalue weighted by molar-refractivity contribution is 7.09. The van der Waals surface area contributed by atoms with Crippen LogP contribution in [-0.2, 0) is 6.42 Å². The van der Waals surface area contributed by atoms with Crippen LogP contribution in [0.1, 0.15) is 63.7 Å². The van der Waals surface area contributed by atoms with Gasteiger partial charge < -0.3 is 5.32 Å². The van der Waals surface area contributed by atoms with Crippen LogP contribution < -0.4 is 5.32 Å². The zero-order valence-corrected chi connectivity index (χ0v) is 14.1. The van der Waals surface area contributed by atoms with Crippen LogP contribution in [0.2, 0.25) is 0 Å². The summed E-state index contributed by atoms with van der Waals surface area (Å²) in [4.78, 5) is 1.55.